The SMILES string of the molecule is CN(C)C1CCN(C(=O)C2CC(=O)N(Cc3cc(C(F)(F)F)cc(C(F)(F)F)c3)C2)CC1. The van der Waals surface area contributed by atoms with Gasteiger partial charge in [-0.3, -0.25) is 9.59 Å². The minimum Gasteiger partial charge on any atom is -0.342 e. The molecular weight excluding hydrogens is 440 g/mol. The van der Waals surface area contributed by atoms with Gasteiger partial charge in [0.1, 0.15) is 0 Å². The molecule has 1 aromatic rings. The highest BCUT2D eigenvalue weighted by atomic mass is 19.4. The number of carbonyl (C=O) groups excluding carboxylic acids is 2. The number of hydrogen-bond acceptors (Lipinski definition) is 3. The zero-order chi connectivity index (χ0) is 23.8. The molecule has 32 heavy (non-hydrogen) atoms. The maximum Gasteiger partial charge on any atom is 0.416 e. The molecule has 2 aliphatic heterocycles. The molecular formula is C21H25F6N3O2. The Morgan fingerprint density at radius 3 is 2.00 bits per heavy atom. The molecule has 2 heterocycles. The van der Waals surface area contributed by atoms with Crippen LogP contribution in [0.4, 0.5) is 26.3 Å². The number of rotatable bonds is 4. The highest BCUT2D eigenvalue weighted by molar-refractivity contribution is 5.89. The maximum absolute atomic E-state index is 13.1. The van der Waals surface area contributed by atoms with Gasteiger partial charge in [-0.05, 0) is 50.7 Å². The average Bonchev–Trinajstić information content (AvgIpc) is 3.06. The number of nitrogens with zero attached hydrogens (tertiary/aromatic N) is 3. The van der Waals surface area contributed by atoms with Crippen molar-refractivity contribution >= 4 is 11.8 Å². The van der Waals surface area contributed by atoms with Gasteiger partial charge in [-0.1, -0.05) is 0 Å². The number of amides is 2. The minimum absolute atomic E-state index is 0.0249. The Bertz CT molecular complexity index is 828. The zero-order valence-electron chi connectivity index (χ0n) is 17.8. The van der Waals surface area contributed by atoms with Crippen LogP contribution in [0.2, 0.25) is 0 Å². The van der Waals surface area contributed by atoms with E-state index in [0.29, 0.717) is 31.3 Å². The highest BCUT2D eigenvalue weighted by Gasteiger charge is 2.40. The van der Waals surface area contributed by atoms with Crippen molar-refractivity contribution in [3.63, 3.8) is 0 Å². The lowest BCUT2D eigenvalue weighted by Gasteiger charge is -2.36. The third kappa shape index (κ3) is 5.54. The molecule has 11 heteroatoms. The fourth-order valence-electron chi connectivity index (χ4n) is 4.28. The Morgan fingerprint density at radius 2 is 1.53 bits per heavy atom. The van der Waals surface area contributed by atoms with Gasteiger partial charge in [-0.15, -0.1) is 0 Å². The standard InChI is InChI=1S/C21H25F6N3O2/c1-28(2)17-3-5-29(6-4-17)19(32)14-9-18(31)30(12-14)11-13-7-15(20(22,23)24)10-16(8-13)21(25,26)27/h7-8,10,14,17H,3-6,9,11-12H2,1-2H3. The molecule has 5 nitrogen and oxygen atoms in total. The quantitative estimate of drug-likeness (QED) is 0.638. The number of benzene rings is 1. The predicted molar refractivity (Wildman–Crippen MR) is 103 cm³/mol. The molecule has 0 spiro atoms. The van der Waals surface area contributed by atoms with Crippen LogP contribution in [0.5, 0.6) is 0 Å². The van der Waals surface area contributed by atoms with Gasteiger partial charge in [0.2, 0.25) is 11.8 Å². The molecule has 2 amide bonds. The van der Waals surface area contributed by atoms with Crippen molar-refractivity contribution in [1.29, 1.82) is 0 Å². The van der Waals surface area contributed by atoms with Crippen molar-refractivity contribution in [2.24, 2.45) is 5.92 Å². The van der Waals surface area contributed by atoms with Crippen molar-refractivity contribution < 1.29 is 35.9 Å². The zero-order valence-corrected chi connectivity index (χ0v) is 17.8. The van der Waals surface area contributed by atoms with E-state index in [0.717, 1.165) is 17.7 Å². The predicted octanol–water partition coefficient (Wildman–Crippen LogP) is 3.63. The molecule has 0 aromatic heterocycles. The molecule has 0 radical (unpaired) electrons. The van der Waals surface area contributed by atoms with Crippen molar-refractivity contribution in [2.45, 2.75) is 44.2 Å². The van der Waals surface area contributed by atoms with Crippen LogP contribution in [0.25, 0.3) is 0 Å². The summed E-state index contributed by atoms with van der Waals surface area (Å²) < 4.78 is 78.5. The first-order valence-electron chi connectivity index (χ1n) is 10.3. The van der Waals surface area contributed by atoms with E-state index < -0.39 is 41.8 Å². The van der Waals surface area contributed by atoms with Crippen molar-refractivity contribution in [1.82, 2.24) is 14.7 Å². The lowest BCUT2D eigenvalue weighted by Crippen LogP contribution is -2.46. The van der Waals surface area contributed by atoms with Gasteiger partial charge in [0, 0.05) is 38.6 Å². The Labute approximate surface area is 181 Å². The van der Waals surface area contributed by atoms with Crippen LogP contribution in [-0.4, -0.2) is 66.3 Å². The smallest absolute Gasteiger partial charge is 0.342 e. The number of piperidine rings is 1. The summed E-state index contributed by atoms with van der Waals surface area (Å²) in [6.07, 6.45) is -8.41. The number of alkyl halides is 6. The molecule has 1 aromatic carbocycles. The van der Waals surface area contributed by atoms with Gasteiger partial charge >= 0.3 is 12.4 Å². The van der Waals surface area contributed by atoms with E-state index in [1.165, 1.54) is 0 Å². The van der Waals surface area contributed by atoms with Gasteiger partial charge in [-0.2, -0.15) is 26.3 Å². The molecule has 2 saturated heterocycles. The van der Waals surface area contributed by atoms with E-state index in [1.807, 2.05) is 14.1 Å². The summed E-state index contributed by atoms with van der Waals surface area (Å²) in [4.78, 5) is 30.1. The molecule has 178 valence electrons. The van der Waals surface area contributed by atoms with Crippen LogP contribution in [0.3, 0.4) is 0 Å². The molecule has 0 saturated carbocycles. The third-order valence-electron chi connectivity index (χ3n) is 6.09. The average molecular weight is 465 g/mol. The van der Waals surface area contributed by atoms with Crippen molar-refractivity contribution in [3.8, 4) is 0 Å². The van der Waals surface area contributed by atoms with Crippen molar-refractivity contribution in [2.75, 3.05) is 33.7 Å². The van der Waals surface area contributed by atoms with E-state index in [1.54, 1.807) is 4.90 Å². The number of carbonyl (C=O) groups is 2. The van der Waals surface area contributed by atoms with Gasteiger partial charge in [-0.25, -0.2) is 0 Å². The van der Waals surface area contributed by atoms with E-state index in [2.05, 4.69) is 4.90 Å². The van der Waals surface area contributed by atoms with Crippen LogP contribution in [0.15, 0.2) is 18.2 Å². The molecule has 2 fully saturated rings. The van der Waals surface area contributed by atoms with Gasteiger partial charge in [0.05, 0.1) is 17.0 Å². The second kappa shape index (κ2) is 8.92. The lowest BCUT2D eigenvalue weighted by atomic mass is 10.0. The van der Waals surface area contributed by atoms with Gasteiger partial charge in [0.15, 0.2) is 0 Å². The molecule has 2 aliphatic rings. The molecule has 0 N–H and O–H groups in total. The van der Waals surface area contributed by atoms with Crippen LogP contribution in [-0.2, 0) is 28.5 Å². The second-order valence-electron chi connectivity index (χ2n) is 8.61. The van der Waals surface area contributed by atoms with Crippen LogP contribution >= 0.6 is 0 Å². The number of likely N-dealkylation sites (tertiary alicyclic amines) is 2. The summed E-state index contributed by atoms with van der Waals surface area (Å²) in [7, 11) is 3.93. The lowest BCUT2D eigenvalue weighted by molar-refractivity contribution is -0.143. The largest absolute Gasteiger partial charge is 0.416 e. The van der Waals surface area contributed by atoms with Gasteiger partial charge < -0.3 is 14.7 Å². The molecule has 0 bridgehead atoms. The molecule has 0 aliphatic carbocycles. The molecule has 1 atom stereocenters. The van der Waals surface area contributed by atoms with E-state index in [9.17, 15) is 35.9 Å². The summed E-state index contributed by atoms with van der Waals surface area (Å²) in [6, 6.07) is 1.65. The van der Waals surface area contributed by atoms with E-state index >= 15 is 0 Å². The van der Waals surface area contributed by atoms with E-state index in [4.69, 9.17) is 0 Å². The van der Waals surface area contributed by atoms with Crippen LogP contribution in [0.1, 0.15) is 36.0 Å². The first-order chi connectivity index (χ1) is 14.8. The van der Waals surface area contributed by atoms with Crippen LogP contribution < -0.4 is 0 Å². The summed E-state index contributed by atoms with van der Waals surface area (Å²) in [5.74, 6) is -1.30. The monoisotopic (exact) mass is 465 g/mol. The molecule has 3 rings (SSSR count). The Kier molecular flexibility index (Phi) is 6.78. The minimum atomic E-state index is -4.96. The Hall–Kier alpha value is -2.30. The summed E-state index contributed by atoms with van der Waals surface area (Å²) in [5, 5.41) is 0. The summed E-state index contributed by atoms with van der Waals surface area (Å²) in [5.41, 5.74) is -3.13. The Balaban J connectivity index is 1.70. The first kappa shape index (κ1) is 24.3. The second-order valence-corrected chi connectivity index (χ2v) is 8.61. The molecule has 1 unspecified atom stereocenters. The fraction of sp³-hybridized carbons (Fsp3) is 0.619. The Morgan fingerprint density at radius 1 is 1.00 bits per heavy atom. The third-order valence-corrected chi connectivity index (χ3v) is 6.09. The fourth-order valence-corrected chi connectivity index (χ4v) is 4.28. The summed E-state index contributed by atoms with van der Waals surface area (Å²) >= 11 is 0. The maximum atomic E-state index is 13.1. The first-order valence-corrected chi connectivity index (χ1v) is 10.3. The normalized spacial score (nSPS) is 21.0. The topological polar surface area (TPSA) is 43.9 Å². The summed E-state index contributed by atoms with van der Waals surface area (Å²) in [6.45, 7) is 0.658. The van der Waals surface area contributed by atoms with Crippen molar-refractivity contribution in [3.05, 3.63) is 34.9 Å². The number of halogens is 6. The van der Waals surface area contributed by atoms with Gasteiger partial charge in [0.25, 0.3) is 0 Å². The van der Waals surface area contributed by atoms with E-state index in [-0.39, 0.29) is 30.5 Å². The number of hydrogen-bond donors (Lipinski definition) is 0. The van der Waals surface area contributed by atoms with Crippen LogP contribution in [0, 0.1) is 5.92 Å². The highest BCUT2D eigenvalue weighted by Crippen LogP contribution is 2.37.